The van der Waals surface area contributed by atoms with Crippen molar-refractivity contribution in [2.45, 2.75) is 45.7 Å². The van der Waals surface area contributed by atoms with E-state index in [0.29, 0.717) is 12.0 Å². The molecule has 2 fully saturated rings. The van der Waals surface area contributed by atoms with Crippen LogP contribution in [0.15, 0.2) is 54.7 Å². The van der Waals surface area contributed by atoms with Gasteiger partial charge in [0.25, 0.3) is 0 Å². The molecule has 218 valence electrons. The number of hydrogen-bond donors (Lipinski definition) is 0. The molecule has 7 rings (SSSR count). The lowest BCUT2D eigenvalue weighted by atomic mass is 9.86. The first-order chi connectivity index (χ1) is 20.5. The molecule has 6 heterocycles. The van der Waals surface area contributed by atoms with E-state index < -0.39 is 0 Å². The highest BCUT2D eigenvalue weighted by atomic mass is 16.5. The number of ether oxygens (including phenoxy) is 1. The normalized spacial score (nSPS) is 18.0. The first-order valence-electron chi connectivity index (χ1n) is 15.3. The lowest BCUT2D eigenvalue weighted by Gasteiger charge is -2.37. The van der Waals surface area contributed by atoms with Crippen LogP contribution in [0.4, 0.5) is 5.82 Å². The van der Waals surface area contributed by atoms with E-state index in [9.17, 15) is 0 Å². The van der Waals surface area contributed by atoms with Gasteiger partial charge in [0.2, 0.25) is 0 Å². The van der Waals surface area contributed by atoms with Gasteiger partial charge in [0, 0.05) is 69.6 Å². The van der Waals surface area contributed by atoms with Crippen LogP contribution < -0.4 is 4.90 Å². The van der Waals surface area contributed by atoms with Gasteiger partial charge in [0.05, 0.1) is 28.5 Å². The van der Waals surface area contributed by atoms with E-state index >= 15 is 0 Å². The van der Waals surface area contributed by atoms with Crippen LogP contribution in [-0.4, -0.2) is 79.9 Å². The van der Waals surface area contributed by atoms with Crippen LogP contribution in [0.1, 0.15) is 44.0 Å². The van der Waals surface area contributed by atoms with Gasteiger partial charge < -0.3 is 14.2 Å². The summed E-state index contributed by atoms with van der Waals surface area (Å²) < 4.78 is 10.2. The Kier molecular flexibility index (Phi) is 7.15. The van der Waals surface area contributed by atoms with Gasteiger partial charge in [0.1, 0.15) is 11.5 Å². The zero-order chi connectivity index (χ0) is 28.8. The average Bonchev–Trinajstić information content (AvgIpc) is 3.53. The Morgan fingerprint density at radius 2 is 1.71 bits per heavy atom. The predicted molar refractivity (Wildman–Crippen MR) is 167 cm³/mol. The summed E-state index contributed by atoms with van der Waals surface area (Å²) in [6.45, 7) is 12.2. The van der Waals surface area contributed by atoms with Crippen molar-refractivity contribution in [1.29, 1.82) is 0 Å². The quantitative estimate of drug-likeness (QED) is 0.279. The van der Waals surface area contributed by atoms with E-state index in [1.807, 2.05) is 24.9 Å². The maximum absolute atomic E-state index is 5.83. The average molecular weight is 565 g/mol. The monoisotopic (exact) mass is 564 g/mol. The van der Waals surface area contributed by atoms with Gasteiger partial charge in [-0.1, -0.05) is 35.5 Å². The van der Waals surface area contributed by atoms with Crippen molar-refractivity contribution in [2.75, 3.05) is 44.3 Å². The number of fused-ring (bicyclic) bond motifs is 3. The summed E-state index contributed by atoms with van der Waals surface area (Å²) in [5, 5.41) is 9.68. The Balaban J connectivity index is 1.44. The van der Waals surface area contributed by atoms with E-state index in [2.05, 4.69) is 87.1 Å². The number of piperazine rings is 1. The number of aryl methyl sites for hydroxylation is 2. The number of nitrogens with zero attached hydrogens (tertiary/aromatic N) is 8. The molecule has 0 amide bonds. The number of hydrogen-bond acceptors (Lipinski definition) is 7. The molecule has 5 aromatic rings. The van der Waals surface area contributed by atoms with Crippen molar-refractivity contribution in [3.05, 3.63) is 66.0 Å². The number of rotatable bonds is 6. The third kappa shape index (κ3) is 4.74. The fourth-order valence-electron chi connectivity index (χ4n) is 6.99. The van der Waals surface area contributed by atoms with Gasteiger partial charge in [-0.2, -0.15) is 0 Å². The Hall–Kier alpha value is -3.82. The van der Waals surface area contributed by atoms with Crippen LogP contribution in [0.3, 0.4) is 0 Å². The second-order valence-electron chi connectivity index (χ2n) is 12.1. The second kappa shape index (κ2) is 11.1. The van der Waals surface area contributed by atoms with Crippen LogP contribution in [0, 0.1) is 12.8 Å². The fourth-order valence-corrected chi connectivity index (χ4v) is 6.99. The number of aromatic nitrogens is 6. The molecule has 9 heteroatoms. The molecule has 1 atom stereocenters. The van der Waals surface area contributed by atoms with Crippen molar-refractivity contribution >= 4 is 27.9 Å². The van der Waals surface area contributed by atoms with E-state index in [4.69, 9.17) is 14.7 Å². The molecule has 4 aromatic heterocycles. The minimum atomic E-state index is 0.110. The third-order valence-electron chi connectivity index (χ3n) is 9.24. The predicted octanol–water partition coefficient (Wildman–Crippen LogP) is 5.23. The van der Waals surface area contributed by atoms with Crippen LogP contribution in [0.2, 0.25) is 0 Å². The van der Waals surface area contributed by atoms with Crippen LogP contribution in [0.5, 0.6) is 0 Å². The lowest BCUT2D eigenvalue weighted by molar-refractivity contribution is 0.0552. The highest BCUT2D eigenvalue weighted by molar-refractivity contribution is 6.05. The zero-order valence-electron chi connectivity index (χ0n) is 25.1. The summed E-state index contributed by atoms with van der Waals surface area (Å²) in [7, 11) is 1.94. The van der Waals surface area contributed by atoms with Gasteiger partial charge >= 0.3 is 0 Å². The number of anilines is 1. The molecule has 2 aliphatic heterocycles. The molecular formula is C33H40N8O. The molecule has 0 unspecified atom stereocenters. The van der Waals surface area contributed by atoms with Gasteiger partial charge in [-0.05, 0) is 63.3 Å². The van der Waals surface area contributed by atoms with Crippen LogP contribution >= 0.6 is 0 Å². The van der Waals surface area contributed by atoms with Crippen molar-refractivity contribution in [3.63, 3.8) is 0 Å². The Labute approximate surface area is 247 Å². The Bertz CT molecular complexity index is 1670. The number of pyridine rings is 2. The molecule has 0 radical (unpaired) electrons. The van der Waals surface area contributed by atoms with Crippen LogP contribution in [0.25, 0.3) is 33.3 Å². The van der Waals surface area contributed by atoms with E-state index in [1.54, 1.807) is 0 Å². The van der Waals surface area contributed by atoms with Crippen molar-refractivity contribution < 1.29 is 4.74 Å². The smallest absolute Gasteiger partial charge is 0.145 e. The molecule has 2 aliphatic rings. The minimum Gasteiger partial charge on any atom is -0.381 e. The molecule has 0 saturated carbocycles. The zero-order valence-corrected chi connectivity index (χ0v) is 25.1. The first kappa shape index (κ1) is 27.0. The molecule has 9 nitrogen and oxygen atoms in total. The third-order valence-corrected chi connectivity index (χ3v) is 9.24. The molecule has 0 bridgehead atoms. The number of benzene rings is 1. The molecule has 0 spiro atoms. The maximum Gasteiger partial charge on any atom is 0.145 e. The maximum atomic E-state index is 5.83. The highest BCUT2D eigenvalue weighted by Crippen LogP contribution is 2.41. The van der Waals surface area contributed by atoms with Gasteiger partial charge in [0.15, 0.2) is 0 Å². The summed E-state index contributed by atoms with van der Waals surface area (Å²) >= 11 is 0. The Morgan fingerprint density at radius 1 is 0.952 bits per heavy atom. The van der Waals surface area contributed by atoms with Crippen LogP contribution in [-0.2, 0) is 11.8 Å². The largest absolute Gasteiger partial charge is 0.381 e. The summed E-state index contributed by atoms with van der Waals surface area (Å²) in [6, 6.07) is 18.3. The molecule has 0 aliphatic carbocycles. The molecule has 0 N–H and O–H groups in total. The fraction of sp³-hybridized carbons (Fsp3) is 0.455. The SMILES string of the molecule is Cc1nnn(C)c1-c1cnc2c3ccc(N4CCN(C(C)C)CC4)nc3n([C@H](c3ccccc3)C3CCOCC3)c2c1. The van der Waals surface area contributed by atoms with E-state index in [0.717, 1.165) is 97.1 Å². The summed E-state index contributed by atoms with van der Waals surface area (Å²) in [5.74, 6) is 1.46. The van der Waals surface area contributed by atoms with Crippen molar-refractivity contribution in [3.8, 4) is 11.3 Å². The molecule has 2 saturated heterocycles. The molecule has 1 aromatic carbocycles. The van der Waals surface area contributed by atoms with Gasteiger partial charge in [-0.15, -0.1) is 5.10 Å². The summed E-state index contributed by atoms with van der Waals surface area (Å²) in [6.07, 6.45) is 3.98. The Morgan fingerprint density at radius 3 is 2.40 bits per heavy atom. The first-order valence-corrected chi connectivity index (χ1v) is 15.3. The highest BCUT2D eigenvalue weighted by Gasteiger charge is 2.31. The van der Waals surface area contributed by atoms with E-state index in [1.165, 1.54) is 5.56 Å². The topological polar surface area (TPSA) is 77.1 Å². The van der Waals surface area contributed by atoms with Crippen molar-refractivity contribution in [2.24, 2.45) is 13.0 Å². The molecular weight excluding hydrogens is 524 g/mol. The van der Waals surface area contributed by atoms with E-state index in [-0.39, 0.29) is 6.04 Å². The summed E-state index contributed by atoms with van der Waals surface area (Å²) in [4.78, 5) is 15.5. The minimum absolute atomic E-state index is 0.110. The van der Waals surface area contributed by atoms with Gasteiger partial charge in [-0.3, -0.25) is 9.88 Å². The second-order valence-corrected chi connectivity index (χ2v) is 12.1. The standard InChI is InChI=1S/C33H40N8O/c1-22(2)39-14-16-40(17-15-39)29-11-10-27-30-28(20-26(21-34-30)31-23(3)36-37-38(31)4)41(33(27)35-29)32(24-8-6-5-7-9-24)25-12-18-42-19-13-25/h5-11,20-22,25,32H,12-19H2,1-4H3/t32-/m1/s1. The lowest BCUT2D eigenvalue weighted by Crippen LogP contribution is -2.49. The van der Waals surface area contributed by atoms with Gasteiger partial charge in [-0.25, -0.2) is 9.67 Å². The molecule has 42 heavy (non-hydrogen) atoms. The summed E-state index contributed by atoms with van der Waals surface area (Å²) in [5.41, 5.74) is 7.27. The van der Waals surface area contributed by atoms with Crippen molar-refractivity contribution in [1.82, 2.24) is 34.4 Å².